The van der Waals surface area contributed by atoms with Gasteiger partial charge in [0.15, 0.2) is 0 Å². The summed E-state index contributed by atoms with van der Waals surface area (Å²) in [6.07, 6.45) is 1.36. The monoisotopic (exact) mass is 319 g/mol. The van der Waals surface area contributed by atoms with Crippen LogP contribution >= 0.6 is 0 Å². The first-order valence-corrected chi connectivity index (χ1v) is 7.89. The summed E-state index contributed by atoms with van der Waals surface area (Å²) in [5.41, 5.74) is 6.29. The number of piperidine rings is 1. The SMILES string of the molecule is CC(C)(C)OC(=O)N1CCC[C@H](NC(=O)c2ccc(N)cc2)C1. The van der Waals surface area contributed by atoms with Gasteiger partial charge >= 0.3 is 6.09 Å². The predicted octanol–water partition coefficient (Wildman–Crippen LogP) is 2.40. The van der Waals surface area contributed by atoms with Gasteiger partial charge in [-0.05, 0) is 57.9 Å². The van der Waals surface area contributed by atoms with Gasteiger partial charge in [-0.3, -0.25) is 4.79 Å². The van der Waals surface area contributed by atoms with Crippen LogP contribution in [-0.2, 0) is 4.74 Å². The van der Waals surface area contributed by atoms with Crippen molar-refractivity contribution < 1.29 is 14.3 Å². The zero-order valence-corrected chi connectivity index (χ0v) is 14.0. The molecule has 2 amide bonds. The van der Waals surface area contributed by atoms with Gasteiger partial charge in [-0.15, -0.1) is 0 Å². The zero-order chi connectivity index (χ0) is 17.0. The number of hydrogen-bond donors (Lipinski definition) is 2. The van der Waals surface area contributed by atoms with Crippen molar-refractivity contribution >= 4 is 17.7 Å². The number of hydrogen-bond acceptors (Lipinski definition) is 4. The van der Waals surface area contributed by atoms with Crippen LogP contribution in [0.2, 0.25) is 0 Å². The molecule has 0 aromatic heterocycles. The molecular formula is C17H25N3O3. The molecule has 1 aromatic carbocycles. The van der Waals surface area contributed by atoms with Crippen LogP contribution in [0, 0.1) is 0 Å². The maximum atomic E-state index is 12.2. The number of carbonyl (C=O) groups is 2. The number of likely N-dealkylation sites (tertiary alicyclic amines) is 1. The molecule has 126 valence electrons. The maximum Gasteiger partial charge on any atom is 0.410 e. The average molecular weight is 319 g/mol. The second-order valence-electron chi connectivity index (χ2n) is 6.86. The van der Waals surface area contributed by atoms with Crippen LogP contribution in [0.1, 0.15) is 44.0 Å². The van der Waals surface area contributed by atoms with Crippen LogP contribution in [0.5, 0.6) is 0 Å². The minimum Gasteiger partial charge on any atom is -0.444 e. The fourth-order valence-corrected chi connectivity index (χ4v) is 2.49. The Hall–Kier alpha value is -2.24. The summed E-state index contributed by atoms with van der Waals surface area (Å²) >= 11 is 0. The Labute approximate surface area is 137 Å². The van der Waals surface area contributed by atoms with Crippen molar-refractivity contribution in [3.63, 3.8) is 0 Å². The van der Waals surface area contributed by atoms with Gasteiger partial charge in [-0.2, -0.15) is 0 Å². The van der Waals surface area contributed by atoms with Gasteiger partial charge in [0.25, 0.3) is 5.91 Å². The molecule has 1 aliphatic heterocycles. The second kappa shape index (κ2) is 6.89. The Morgan fingerprint density at radius 3 is 2.52 bits per heavy atom. The van der Waals surface area contributed by atoms with E-state index in [0.717, 1.165) is 12.8 Å². The Bertz CT molecular complexity index is 563. The van der Waals surface area contributed by atoms with Crippen molar-refractivity contribution in [3.05, 3.63) is 29.8 Å². The highest BCUT2D eigenvalue weighted by molar-refractivity contribution is 5.94. The molecule has 0 spiro atoms. The minimum atomic E-state index is -0.517. The molecular weight excluding hydrogens is 294 g/mol. The lowest BCUT2D eigenvalue weighted by molar-refractivity contribution is 0.0185. The summed E-state index contributed by atoms with van der Waals surface area (Å²) in [7, 11) is 0. The molecule has 23 heavy (non-hydrogen) atoms. The number of carbonyl (C=O) groups excluding carboxylic acids is 2. The van der Waals surface area contributed by atoms with E-state index in [1.54, 1.807) is 29.2 Å². The van der Waals surface area contributed by atoms with E-state index in [9.17, 15) is 9.59 Å². The maximum absolute atomic E-state index is 12.2. The molecule has 2 rings (SSSR count). The smallest absolute Gasteiger partial charge is 0.410 e. The van der Waals surface area contributed by atoms with Crippen molar-refractivity contribution in [3.8, 4) is 0 Å². The van der Waals surface area contributed by atoms with Gasteiger partial charge in [-0.1, -0.05) is 0 Å². The quantitative estimate of drug-likeness (QED) is 0.820. The van der Waals surface area contributed by atoms with Gasteiger partial charge in [0.05, 0.1) is 0 Å². The summed E-state index contributed by atoms with van der Waals surface area (Å²) in [6.45, 7) is 6.65. The largest absolute Gasteiger partial charge is 0.444 e. The Morgan fingerprint density at radius 2 is 1.91 bits per heavy atom. The summed E-state index contributed by atoms with van der Waals surface area (Å²) in [5.74, 6) is -0.152. The van der Waals surface area contributed by atoms with Crippen molar-refractivity contribution in [2.24, 2.45) is 0 Å². The second-order valence-corrected chi connectivity index (χ2v) is 6.86. The molecule has 3 N–H and O–H groups in total. The van der Waals surface area contributed by atoms with E-state index in [0.29, 0.717) is 24.3 Å². The van der Waals surface area contributed by atoms with E-state index in [2.05, 4.69) is 5.32 Å². The molecule has 0 radical (unpaired) electrons. The third-order valence-electron chi connectivity index (χ3n) is 3.58. The van der Waals surface area contributed by atoms with Gasteiger partial charge in [-0.25, -0.2) is 4.79 Å². The summed E-state index contributed by atoms with van der Waals surface area (Å²) in [6, 6.07) is 6.71. The van der Waals surface area contributed by atoms with Crippen LogP contribution in [0.25, 0.3) is 0 Å². The summed E-state index contributed by atoms with van der Waals surface area (Å²) < 4.78 is 5.39. The molecule has 0 bridgehead atoms. The van der Waals surface area contributed by atoms with E-state index in [1.165, 1.54) is 0 Å². The lowest BCUT2D eigenvalue weighted by atomic mass is 10.1. The average Bonchev–Trinajstić information content (AvgIpc) is 2.46. The number of ether oxygens (including phenoxy) is 1. The third-order valence-corrected chi connectivity index (χ3v) is 3.58. The molecule has 1 fully saturated rings. The molecule has 6 heteroatoms. The highest BCUT2D eigenvalue weighted by Gasteiger charge is 2.28. The van der Waals surface area contributed by atoms with Crippen LogP contribution in [0.15, 0.2) is 24.3 Å². The fourth-order valence-electron chi connectivity index (χ4n) is 2.49. The molecule has 0 aliphatic carbocycles. The molecule has 0 saturated carbocycles. The standard InChI is InChI=1S/C17H25N3O3/c1-17(2,3)23-16(22)20-10-4-5-14(11-20)19-15(21)12-6-8-13(18)9-7-12/h6-9,14H,4-5,10-11,18H2,1-3H3,(H,19,21)/t14-/m0/s1. The molecule has 1 saturated heterocycles. The van der Waals surface area contributed by atoms with Gasteiger partial charge in [0.1, 0.15) is 5.60 Å². The van der Waals surface area contributed by atoms with E-state index < -0.39 is 5.60 Å². The van der Waals surface area contributed by atoms with Crippen LogP contribution in [-0.4, -0.2) is 41.6 Å². The molecule has 6 nitrogen and oxygen atoms in total. The van der Waals surface area contributed by atoms with E-state index >= 15 is 0 Å². The highest BCUT2D eigenvalue weighted by Crippen LogP contribution is 2.16. The number of rotatable bonds is 2. The first-order chi connectivity index (χ1) is 10.7. The number of amides is 2. The van der Waals surface area contributed by atoms with Gasteiger partial charge in [0, 0.05) is 30.4 Å². The number of benzene rings is 1. The molecule has 1 aliphatic rings. The first kappa shape index (κ1) is 17.1. The van der Waals surface area contributed by atoms with E-state index in [-0.39, 0.29) is 18.0 Å². The number of nitrogens with zero attached hydrogens (tertiary/aromatic N) is 1. The Kier molecular flexibility index (Phi) is 5.13. The normalized spacial score (nSPS) is 18.4. The van der Waals surface area contributed by atoms with Gasteiger partial charge < -0.3 is 20.7 Å². The van der Waals surface area contributed by atoms with Crippen molar-refractivity contribution in [1.82, 2.24) is 10.2 Å². The molecule has 1 aromatic rings. The Morgan fingerprint density at radius 1 is 1.26 bits per heavy atom. The molecule has 1 heterocycles. The fraction of sp³-hybridized carbons (Fsp3) is 0.529. The van der Waals surface area contributed by atoms with E-state index in [1.807, 2.05) is 20.8 Å². The van der Waals surface area contributed by atoms with Crippen molar-refractivity contribution in [2.45, 2.75) is 45.3 Å². The van der Waals surface area contributed by atoms with Crippen LogP contribution in [0.4, 0.5) is 10.5 Å². The topological polar surface area (TPSA) is 84.7 Å². The van der Waals surface area contributed by atoms with Crippen molar-refractivity contribution in [2.75, 3.05) is 18.8 Å². The lowest BCUT2D eigenvalue weighted by Gasteiger charge is -2.34. The number of nitrogens with one attached hydrogen (secondary N) is 1. The first-order valence-electron chi connectivity index (χ1n) is 7.89. The zero-order valence-electron chi connectivity index (χ0n) is 14.0. The van der Waals surface area contributed by atoms with E-state index in [4.69, 9.17) is 10.5 Å². The molecule has 0 unspecified atom stereocenters. The minimum absolute atomic E-state index is 0.0682. The predicted molar refractivity (Wildman–Crippen MR) is 89.1 cm³/mol. The number of nitrogen functional groups attached to an aromatic ring is 1. The lowest BCUT2D eigenvalue weighted by Crippen LogP contribution is -2.50. The highest BCUT2D eigenvalue weighted by atomic mass is 16.6. The Balaban J connectivity index is 1.92. The third kappa shape index (κ3) is 5.16. The number of nitrogens with two attached hydrogens (primary N) is 1. The van der Waals surface area contributed by atoms with Gasteiger partial charge in [0.2, 0.25) is 0 Å². The summed E-state index contributed by atoms with van der Waals surface area (Å²) in [5, 5.41) is 2.97. The van der Waals surface area contributed by atoms with Crippen molar-refractivity contribution in [1.29, 1.82) is 0 Å². The van der Waals surface area contributed by atoms with Crippen LogP contribution < -0.4 is 11.1 Å². The molecule has 1 atom stereocenters. The summed E-state index contributed by atoms with van der Waals surface area (Å²) in [4.78, 5) is 26.0. The van der Waals surface area contributed by atoms with Crippen LogP contribution in [0.3, 0.4) is 0 Å². The number of anilines is 1.